The van der Waals surface area contributed by atoms with Crippen LogP contribution in [0.4, 0.5) is 4.79 Å². The van der Waals surface area contributed by atoms with Gasteiger partial charge in [-0.25, -0.2) is 4.79 Å². The minimum absolute atomic E-state index is 0.288. The molecule has 0 aliphatic carbocycles. The van der Waals surface area contributed by atoms with Crippen molar-refractivity contribution in [3.05, 3.63) is 48.0 Å². The van der Waals surface area contributed by atoms with Gasteiger partial charge in [0.1, 0.15) is 0 Å². The smallest absolute Gasteiger partial charge is 0.406 e. The number of carbonyl (C=O) groups excluding carboxylic acids is 1. The van der Waals surface area contributed by atoms with Crippen LogP contribution in [0.3, 0.4) is 0 Å². The molecule has 0 bridgehead atoms. The minimum atomic E-state index is -0.381. The summed E-state index contributed by atoms with van der Waals surface area (Å²) in [6.45, 7) is 10.9. The number of methoxy groups -OCH3 is 1. The number of carbonyl (C=O) groups is 1. The van der Waals surface area contributed by atoms with Crippen molar-refractivity contribution in [2.24, 2.45) is 0 Å². The topological polar surface area (TPSA) is 41.6 Å². The summed E-state index contributed by atoms with van der Waals surface area (Å²) in [5, 5.41) is 5.29. The normalized spacial score (nSPS) is 11.6. The number of nitrogens with one attached hydrogen (secondary N) is 1. The van der Waals surface area contributed by atoms with Crippen LogP contribution >= 0.6 is 0 Å². The Bertz CT molecular complexity index is 637. The standard InChI is InChI=1S/C18H24N2O2.C3H8/c1-4-20(13-12-19-18(21)22-3)14(2)16-11-7-9-15-8-5-6-10-17(15)16;1-3-2/h5-11,14H,4,12-13H2,1-3H3,(H,19,21);3H2,1-2H3/t14-;/m0./s1. The Labute approximate surface area is 152 Å². The summed E-state index contributed by atoms with van der Waals surface area (Å²) >= 11 is 0. The summed E-state index contributed by atoms with van der Waals surface area (Å²) in [5.41, 5.74) is 1.32. The second-order valence-electron chi connectivity index (χ2n) is 6.00. The molecule has 2 aromatic rings. The van der Waals surface area contributed by atoms with Crippen molar-refractivity contribution in [3.63, 3.8) is 0 Å². The number of benzene rings is 2. The molecule has 0 spiro atoms. The van der Waals surface area contributed by atoms with Gasteiger partial charge in [-0.15, -0.1) is 0 Å². The van der Waals surface area contributed by atoms with E-state index in [1.165, 1.54) is 29.9 Å². The van der Waals surface area contributed by atoms with Gasteiger partial charge in [-0.05, 0) is 29.8 Å². The number of alkyl carbamates (subject to hydrolysis) is 1. The minimum Gasteiger partial charge on any atom is -0.453 e. The van der Waals surface area contributed by atoms with Gasteiger partial charge in [0.2, 0.25) is 0 Å². The van der Waals surface area contributed by atoms with Crippen LogP contribution in [0.25, 0.3) is 10.8 Å². The van der Waals surface area contributed by atoms with E-state index in [-0.39, 0.29) is 12.1 Å². The van der Waals surface area contributed by atoms with E-state index >= 15 is 0 Å². The van der Waals surface area contributed by atoms with E-state index in [0.29, 0.717) is 6.54 Å². The summed E-state index contributed by atoms with van der Waals surface area (Å²) in [4.78, 5) is 13.5. The molecule has 1 amide bonds. The lowest BCUT2D eigenvalue weighted by atomic mass is 9.98. The highest BCUT2D eigenvalue weighted by molar-refractivity contribution is 5.86. The molecule has 0 aliphatic rings. The number of rotatable bonds is 6. The Hall–Kier alpha value is -2.07. The summed E-state index contributed by atoms with van der Waals surface area (Å²) in [7, 11) is 1.38. The van der Waals surface area contributed by atoms with Gasteiger partial charge in [0.25, 0.3) is 0 Å². The van der Waals surface area contributed by atoms with Crippen molar-refractivity contribution >= 4 is 16.9 Å². The van der Waals surface area contributed by atoms with Crippen LogP contribution in [0.15, 0.2) is 42.5 Å². The lowest BCUT2D eigenvalue weighted by molar-refractivity contribution is 0.166. The molecule has 0 heterocycles. The van der Waals surface area contributed by atoms with Crippen molar-refractivity contribution < 1.29 is 9.53 Å². The second kappa shape index (κ2) is 11.5. The predicted molar refractivity (Wildman–Crippen MR) is 106 cm³/mol. The Morgan fingerprint density at radius 2 is 1.76 bits per heavy atom. The number of fused-ring (bicyclic) bond motifs is 1. The maximum atomic E-state index is 11.1. The van der Waals surface area contributed by atoms with Crippen LogP contribution in [0.1, 0.15) is 45.7 Å². The van der Waals surface area contributed by atoms with Gasteiger partial charge in [-0.3, -0.25) is 4.90 Å². The molecule has 25 heavy (non-hydrogen) atoms. The third-order valence-electron chi connectivity index (χ3n) is 4.08. The number of likely N-dealkylation sites (N-methyl/N-ethyl adjacent to an activating group) is 1. The number of amides is 1. The zero-order chi connectivity index (χ0) is 18.7. The third kappa shape index (κ3) is 6.39. The van der Waals surface area contributed by atoms with Gasteiger partial charge in [-0.2, -0.15) is 0 Å². The van der Waals surface area contributed by atoms with Crippen molar-refractivity contribution in [2.75, 3.05) is 26.7 Å². The molecule has 2 aromatic carbocycles. The molecule has 2 rings (SSSR count). The molecule has 0 saturated carbocycles. The molecule has 0 saturated heterocycles. The first-order valence-electron chi connectivity index (χ1n) is 9.12. The van der Waals surface area contributed by atoms with Crippen molar-refractivity contribution in [2.45, 2.75) is 40.2 Å². The van der Waals surface area contributed by atoms with E-state index in [0.717, 1.165) is 13.1 Å². The third-order valence-corrected chi connectivity index (χ3v) is 4.08. The molecular weight excluding hydrogens is 312 g/mol. The van der Waals surface area contributed by atoms with Crippen LogP contribution in [0, 0.1) is 0 Å². The molecule has 1 atom stereocenters. The van der Waals surface area contributed by atoms with Gasteiger partial charge in [0, 0.05) is 19.1 Å². The highest BCUT2D eigenvalue weighted by Gasteiger charge is 2.16. The summed E-state index contributed by atoms with van der Waals surface area (Å²) in [5.74, 6) is 0. The molecule has 0 radical (unpaired) electrons. The van der Waals surface area contributed by atoms with E-state index in [1.54, 1.807) is 0 Å². The SMILES string of the molecule is CCC.CCN(CCNC(=O)OC)[C@@H](C)c1cccc2ccccc12. The van der Waals surface area contributed by atoms with E-state index < -0.39 is 0 Å². The maximum absolute atomic E-state index is 11.1. The molecule has 0 aliphatic heterocycles. The number of hydrogen-bond acceptors (Lipinski definition) is 3. The lowest BCUT2D eigenvalue weighted by Gasteiger charge is -2.29. The fourth-order valence-electron chi connectivity index (χ4n) is 2.81. The van der Waals surface area contributed by atoms with E-state index in [4.69, 9.17) is 0 Å². The van der Waals surface area contributed by atoms with Crippen molar-refractivity contribution in [3.8, 4) is 0 Å². The van der Waals surface area contributed by atoms with E-state index in [1.807, 2.05) is 0 Å². The zero-order valence-electron chi connectivity index (χ0n) is 16.2. The van der Waals surface area contributed by atoms with Gasteiger partial charge < -0.3 is 10.1 Å². The van der Waals surface area contributed by atoms with Crippen molar-refractivity contribution in [1.29, 1.82) is 0 Å². The largest absolute Gasteiger partial charge is 0.453 e. The molecule has 4 nitrogen and oxygen atoms in total. The molecule has 138 valence electrons. The van der Waals surface area contributed by atoms with Gasteiger partial charge in [0.15, 0.2) is 0 Å². The first kappa shape index (κ1) is 21.0. The van der Waals surface area contributed by atoms with E-state index in [2.05, 4.69) is 85.1 Å². The number of hydrogen-bond donors (Lipinski definition) is 1. The average Bonchev–Trinajstić information content (AvgIpc) is 2.64. The zero-order valence-corrected chi connectivity index (χ0v) is 16.2. The fourth-order valence-corrected chi connectivity index (χ4v) is 2.81. The molecule has 0 unspecified atom stereocenters. The summed E-state index contributed by atoms with van der Waals surface area (Å²) < 4.78 is 4.60. The van der Waals surface area contributed by atoms with Gasteiger partial charge in [-0.1, -0.05) is 69.7 Å². The molecule has 4 heteroatoms. The first-order chi connectivity index (χ1) is 12.1. The van der Waals surface area contributed by atoms with Crippen LogP contribution in [-0.2, 0) is 4.74 Å². The van der Waals surface area contributed by atoms with Crippen LogP contribution in [0.2, 0.25) is 0 Å². The monoisotopic (exact) mass is 344 g/mol. The Morgan fingerprint density at radius 1 is 1.12 bits per heavy atom. The van der Waals surface area contributed by atoms with E-state index in [9.17, 15) is 4.79 Å². The fraction of sp³-hybridized carbons (Fsp3) is 0.476. The average molecular weight is 344 g/mol. The predicted octanol–water partition coefficient (Wildman–Crippen LogP) is 5.00. The van der Waals surface area contributed by atoms with Gasteiger partial charge in [0.05, 0.1) is 7.11 Å². The Morgan fingerprint density at radius 3 is 2.40 bits per heavy atom. The first-order valence-corrected chi connectivity index (χ1v) is 9.12. The second-order valence-corrected chi connectivity index (χ2v) is 6.00. The number of ether oxygens (including phenoxy) is 1. The molecule has 0 aromatic heterocycles. The maximum Gasteiger partial charge on any atom is 0.406 e. The van der Waals surface area contributed by atoms with Crippen LogP contribution in [0.5, 0.6) is 0 Å². The molecule has 0 fully saturated rings. The number of nitrogens with zero attached hydrogens (tertiary/aromatic N) is 1. The van der Waals surface area contributed by atoms with Gasteiger partial charge >= 0.3 is 6.09 Å². The Balaban J connectivity index is 0.000000970. The van der Waals surface area contributed by atoms with Crippen LogP contribution < -0.4 is 5.32 Å². The van der Waals surface area contributed by atoms with Crippen molar-refractivity contribution in [1.82, 2.24) is 10.2 Å². The molecule has 1 N–H and O–H groups in total. The summed E-state index contributed by atoms with van der Waals surface area (Å²) in [6, 6.07) is 15.2. The van der Waals surface area contributed by atoms with Crippen LogP contribution in [-0.4, -0.2) is 37.7 Å². The summed E-state index contributed by atoms with van der Waals surface area (Å²) in [6.07, 6.45) is 0.869. The highest BCUT2D eigenvalue weighted by Crippen LogP contribution is 2.27. The quantitative estimate of drug-likeness (QED) is 0.802. The Kier molecular flexibility index (Phi) is 9.63. The molecular formula is C21H32N2O2. The highest BCUT2D eigenvalue weighted by atomic mass is 16.5. The lowest BCUT2D eigenvalue weighted by Crippen LogP contribution is -2.36.